The van der Waals surface area contributed by atoms with Gasteiger partial charge in [-0.2, -0.15) is 0 Å². The summed E-state index contributed by atoms with van der Waals surface area (Å²) in [6.07, 6.45) is 1.42. The van der Waals surface area contributed by atoms with Gasteiger partial charge in [0.05, 0.1) is 12.3 Å². The van der Waals surface area contributed by atoms with Gasteiger partial charge in [0.1, 0.15) is 12.2 Å². The van der Waals surface area contributed by atoms with Gasteiger partial charge in [-0.3, -0.25) is 14.9 Å². The lowest BCUT2D eigenvalue weighted by molar-refractivity contribution is -0.122. The van der Waals surface area contributed by atoms with Crippen LogP contribution in [0.25, 0.3) is 16.8 Å². The van der Waals surface area contributed by atoms with Gasteiger partial charge in [-0.1, -0.05) is 66.2 Å². The molecule has 4 aromatic rings. The Bertz CT molecular complexity index is 1640. The van der Waals surface area contributed by atoms with Crippen molar-refractivity contribution in [1.82, 2.24) is 5.32 Å². The first-order chi connectivity index (χ1) is 18.9. The molecule has 0 aliphatic carbocycles. The van der Waals surface area contributed by atoms with Crippen LogP contribution in [0.3, 0.4) is 0 Å². The van der Waals surface area contributed by atoms with Crippen LogP contribution in [0.2, 0.25) is 5.02 Å². The summed E-state index contributed by atoms with van der Waals surface area (Å²) in [4.78, 5) is 39.5. The van der Waals surface area contributed by atoms with Crippen molar-refractivity contribution in [2.24, 2.45) is 0 Å². The number of ether oxygens (including phenoxy) is 2. The van der Waals surface area contributed by atoms with E-state index in [1.54, 1.807) is 37.3 Å². The van der Waals surface area contributed by atoms with Crippen molar-refractivity contribution < 1.29 is 23.9 Å². The molecule has 1 heterocycles. The third kappa shape index (κ3) is 5.35. The van der Waals surface area contributed by atoms with E-state index >= 15 is 0 Å². The smallest absolute Gasteiger partial charge is 0.335 e. The van der Waals surface area contributed by atoms with Gasteiger partial charge in [0.15, 0.2) is 11.5 Å². The quantitative estimate of drug-likeness (QED) is 0.215. The van der Waals surface area contributed by atoms with E-state index in [4.69, 9.17) is 21.1 Å². The molecule has 39 heavy (non-hydrogen) atoms. The third-order valence-electron chi connectivity index (χ3n) is 6.36. The highest BCUT2D eigenvalue weighted by atomic mass is 35.5. The van der Waals surface area contributed by atoms with Crippen LogP contribution in [0.5, 0.6) is 11.5 Å². The topological polar surface area (TPSA) is 84.9 Å². The number of imide groups is 2. The number of rotatable bonds is 7. The van der Waals surface area contributed by atoms with Crippen molar-refractivity contribution in [3.05, 3.63) is 106 Å². The normalized spacial score (nSPS) is 14.6. The standard InChI is InChI=1S/C31H25ClN2O5/c1-3-38-28-16-20(12-14-27(28)39-18-22-9-6-8-21-7-4-5-10-24(21)22)15-25-29(35)33-31(37)34(30(25)36)26-17-23(32)13-11-19(26)2/h4-17H,3,18H2,1-2H3,(H,33,35,37)/b25-15+. The fourth-order valence-corrected chi connectivity index (χ4v) is 4.61. The molecular weight excluding hydrogens is 516 g/mol. The molecule has 7 nitrogen and oxygen atoms in total. The summed E-state index contributed by atoms with van der Waals surface area (Å²) in [6, 6.07) is 23.3. The Balaban J connectivity index is 1.44. The molecule has 4 aromatic carbocycles. The molecule has 5 rings (SSSR count). The molecule has 8 heteroatoms. The van der Waals surface area contributed by atoms with Crippen molar-refractivity contribution in [2.75, 3.05) is 11.5 Å². The molecule has 0 saturated carbocycles. The van der Waals surface area contributed by atoms with Crippen LogP contribution < -0.4 is 19.7 Å². The molecule has 1 aliphatic heterocycles. The van der Waals surface area contributed by atoms with Crippen LogP contribution in [0.4, 0.5) is 10.5 Å². The average Bonchev–Trinajstić information content (AvgIpc) is 2.92. The number of benzene rings is 4. The SMILES string of the molecule is CCOc1cc(/C=C2\C(=O)NC(=O)N(c3cc(Cl)ccc3C)C2=O)ccc1OCc1cccc2ccccc12. The number of anilines is 1. The third-order valence-corrected chi connectivity index (χ3v) is 6.59. The van der Waals surface area contributed by atoms with Gasteiger partial charge in [0.25, 0.3) is 11.8 Å². The van der Waals surface area contributed by atoms with Crippen LogP contribution in [0.1, 0.15) is 23.6 Å². The van der Waals surface area contributed by atoms with Crippen LogP contribution in [-0.2, 0) is 16.2 Å². The molecule has 0 spiro atoms. The minimum Gasteiger partial charge on any atom is -0.490 e. The Morgan fingerprint density at radius 3 is 2.51 bits per heavy atom. The summed E-state index contributed by atoms with van der Waals surface area (Å²) in [5, 5.41) is 4.83. The lowest BCUT2D eigenvalue weighted by atomic mass is 10.0. The Morgan fingerprint density at radius 2 is 1.69 bits per heavy atom. The first-order valence-corrected chi connectivity index (χ1v) is 12.8. The zero-order valence-corrected chi connectivity index (χ0v) is 22.1. The van der Waals surface area contributed by atoms with Gasteiger partial charge in [0.2, 0.25) is 0 Å². The van der Waals surface area contributed by atoms with E-state index in [0.717, 1.165) is 21.2 Å². The number of fused-ring (bicyclic) bond motifs is 1. The number of hydrogen-bond acceptors (Lipinski definition) is 5. The highest BCUT2D eigenvalue weighted by Crippen LogP contribution is 2.32. The van der Waals surface area contributed by atoms with E-state index in [-0.39, 0.29) is 5.57 Å². The minimum absolute atomic E-state index is 0.194. The van der Waals surface area contributed by atoms with Gasteiger partial charge in [-0.15, -0.1) is 0 Å². The van der Waals surface area contributed by atoms with Crippen LogP contribution in [-0.4, -0.2) is 24.5 Å². The first-order valence-electron chi connectivity index (χ1n) is 12.4. The highest BCUT2D eigenvalue weighted by Gasteiger charge is 2.37. The average molecular weight is 541 g/mol. The van der Waals surface area contributed by atoms with Crippen molar-refractivity contribution in [3.63, 3.8) is 0 Å². The van der Waals surface area contributed by atoms with Gasteiger partial charge in [-0.05, 0) is 71.7 Å². The Morgan fingerprint density at radius 1 is 0.897 bits per heavy atom. The van der Waals surface area contributed by atoms with E-state index in [9.17, 15) is 14.4 Å². The van der Waals surface area contributed by atoms with Gasteiger partial charge < -0.3 is 9.47 Å². The second-order valence-corrected chi connectivity index (χ2v) is 9.39. The summed E-state index contributed by atoms with van der Waals surface area (Å²) in [5.74, 6) is -0.536. The number of aryl methyl sites for hydroxylation is 1. The number of halogens is 1. The number of urea groups is 1. The number of hydrogen-bond donors (Lipinski definition) is 1. The van der Waals surface area contributed by atoms with Crippen molar-refractivity contribution in [1.29, 1.82) is 0 Å². The monoisotopic (exact) mass is 540 g/mol. The number of amides is 4. The summed E-state index contributed by atoms with van der Waals surface area (Å²) in [5.41, 5.74) is 2.33. The second kappa shape index (κ2) is 11.0. The maximum absolute atomic E-state index is 13.3. The molecule has 1 aliphatic rings. The summed E-state index contributed by atoms with van der Waals surface area (Å²) >= 11 is 6.10. The lowest BCUT2D eigenvalue weighted by Gasteiger charge is -2.27. The van der Waals surface area contributed by atoms with E-state index in [1.165, 1.54) is 12.1 Å². The Labute approximate surface area is 230 Å². The maximum atomic E-state index is 13.3. The number of barbiturate groups is 1. The summed E-state index contributed by atoms with van der Waals surface area (Å²) in [7, 11) is 0. The van der Waals surface area contributed by atoms with Crippen molar-refractivity contribution in [2.45, 2.75) is 20.5 Å². The fourth-order valence-electron chi connectivity index (χ4n) is 4.44. The molecule has 1 N–H and O–H groups in total. The van der Waals surface area contributed by atoms with Crippen molar-refractivity contribution >= 4 is 52.0 Å². The number of nitrogens with one attached hydrogen (secondary N) is 1. The largest absolute Gasteiger partial charge is 0.490 e. The number of nitrogens with zero attached hydrogens (tertiary/aromatic N) is 1. The molecule has 1 fully saturated rings. The fraction of sp³-hybridized carbons (Fsp3) is 0.129. The Kier molecular flexibility index (Phi) is 7.34. The maximum Gasteiger partial charge on any atom is 0.335 e. The zero-order chi connectivity index (χ0) is 27.5. The zero-order valence-electron chi connectivity index (χ0n) is 21.4. The minimum atomic E-state index is -0.834. The van der Waals surface area contributed by atoms with E-state index < -0.39 is 17.8 Å². The summed E-state index contributed by atoms with van der Waals surface area (Å²) < 4.78 is 11.9. The molecule has 4 amide bonds. The first kappa shape index (κ1) is 26.0. The predicted molar refractivity (Wildman–Crippen MR) is 151 cm³/mol. The Hall–Kier alpha value is -4.62. The van der Waals surface area contributed by atoms with Gasteiger partial charge >= 0.3 is 6.03 Å². The second-order valence-electron chi connectivity index (χ2n) is 8.95. The predicted octanol–water partition coefficient (Wildman–Crippen LogP) is 6.45. The molecule has 0 bridgehead atoms. The van der Waals surface area contributed by atoms with E-state index in [2.05, 4.69) is 23.5 Å². The molecule has 1 saturated heterocycles. The van der Waals surface area contributed by atoms with Gasteiger partial charge in [-0.25, -0.2) is 9.69 Å². The summed E-state index contributed by atoms with van der Waals surface area (Å²) in [6.45, 7) is 4.32. The molecule has 0 aromatic heterocycles. The molecule has 0 unspecified atom stereocenters. The van der Waals surface area contributed by atoms with E-state index in [0.29, 0.717) is 46.5 Å². The molecule has 196 valence electrons. The van der Waals surface area contributed by atoms with Gasteiger partial charge in [0, 0.05) is 5.02 Å². The van der Waals surface area contributed by atoms with Crippen LogP contribution in [0.15, 0.2) is 84.4 Å². The van der Waals surface area contributed by atoms with Crippen molar-refractivity contribution in [3.8, 4) is 11.5 Å². The molecule has 0 radical (unpaired) electrons. The lowest BCUT2D eigenvalue weighted by Crippen LogP contribution is -2.54. The number of carbonyl (C=O) groups is 3. The molecular formula is C31H25ClN2O5. The number of carbonyl (C=O) groups excluding carboxylic acids is 3. The van der Waals surface area contributed by atoms with Crippen LogP contribution in [0, 0.1) is 6.92 Å². The highest BCUT2D eigenvalue weighted by molar-refractivity contribution is 6.39. The van der Waals surface area contributed by atoms with E-state index in [1.807, 2.05) is 31.2 Å². The molecule has 0 atom stereocenters. The van der Waals surface area contributed by atoms with Crippen LogP contribution >= 0.6 is 11.6 Å².